The lowest BCUT2D eigenvalue weighted by molar-refractivity contribution is 0.0955. The zero-order valence-corrected chi connectivity index (χ0v) is 15.7. The fraction of sp³-hybridized carbons (Fsp3) is 0.0476. The van der Waals surface area contributed by atoms with Gasteiger partial charge in [0.25, 0.3) is 5.91 Å². The summed E-state index contributed by atoms with van der Waals surface area (Å²) in [6, 6.07) is 21.6. The summed E-state index contributed by atoms with van der Waals surface area (Å²) in [5.41, 5.74) is 4.79. The Morgan fingerprint density at radius 1 is 0.963 bits per heavy atom. The molecule has 0 aliphatic rings. The van der Waals surface area contributed by atoms with E-state index in [1.54, 1.807) is 30.5 Å². The minimum absolute atomic E-state index is 0.323. The van der Waals surface area contributed by atoms with Crippen LogP contribution in [0.4, 0.5) is 0 Å². The first-order valence-electron chi connectivity index (χ1n) is 8.16. The normalized spacial score (nSPS) is 10.7. The molecular formula is C21H16Cl2N2O2. The van der Waals surface area contributed by atoms with Crippen LogP contribution < -0.4 is 10.2 Å². The van der Waals surface area contributed by atoms with Gasteiger partial charge < -0.3 is 4.74 Å². The number of hydrazone groups is 1. The summed E-state index contributed by atoms with van der Waals surface area (Å²) in [6.07, 6.45) is 1.56. The van der Waals surface area contributed by atoms with Gasteiger partial charge in [-0.05, 0) is 65.7 Å². The van der Waals surface area contributed by atoms with Crippen molar-refractivity contribution in [2.75, 3.05) is 0 Å². The lowest BCUT2D eigenvalue weighted by Gasteiger charge is -2.06. The standard InChI is InChI=1S/C21H16Cl2N2O2/c22-18-8-4-16(5-9-18)14-27-20-10-6-15(7-11-20)13-24-25-21(26)17-2-1-3-19(23)12-17/h1-13H,14H2,(H,25,26). The second-order valence-corrected chi connectivity index (χ2v) is 6.57. The molecule has 1 N–H and O–H groups in total. The van der Waals surface area contributed by atoms with Crippen LogP contribution in [0.1, 0.15) is 21.5 Å². The molecule has 0 saturated heterocycles. The van der Waals surface area contributed by atoms with Gasteiger partial charge in [0, 0.05) is 15.6 Å². The van der Waals surface area contributed by atoms with E-state index in [-0.39, 0.29) is 5.91 Å². The maximum atomic E-state index is 12.0. The fourth-order valence-electron chi connectivity index (χ4n) is 2.26. The molecule has 3 aromatic rings. The van der Waals surface area contributed by atoms with Crippen molar-refractivity contribution in [2.45, 2.75) is 6.61 Å². The van der Waals surface area contributed by atoms with E-state index in [9.17, 15) is 4.79 Å². The number of hydrogen-bond acceptors (Lipinski definition) is 3. The summed E-state index contributed by atoms with van der Waals surface area (Å²) in [6.45, 7) is 0.459. The van der Waals surface area contributed by atoms with Crippen molar-refractivity contribution in [3.8, 4) is 5.75 Å². The molecule has 1 amide bonds. The van der Waals surface area contributed by atoms with E-state index in [0.717, 1.165) is 16.9 Å². The summed E-state index contributed by atoms with van der Waals surface area (Å²) in [5, 5.41) is 5.16. The van der Waals surface area contributed by atoms with Crippen molar-refractivity contribution in [3.63, 3.8) is 0 Å². The maximum absolute atomic E-state index is 12.0. The second-order valence-electron chi connectivity index (χ2n) is 5.69. The molecule has 3 aromatic carbocycles. The molecule has 136 valence electrons. The van der Waals surface area contributed by atoms with Crippen LogP contribution in [-0.4, -0.2) is 12.1 Å². The van der Waals surface area contributed by atoms with Gasteiger partial charge in [0.15, 0.2) is 0 Å². The molecule has 27 heavy (non-hydrogen) atoms. The van der Waals surface area contributed by atoms with Gasteiger partial charge in [-0.25, -0.2) is 5.43 Å². The molecule has 0 saturated carbocycles. The van der Waals surface area contributed by atoms with Crippen molar-refractivity contribution in [2.24, 2.45) is 5.10 Å². The number of benzene rings is 3. The molecular weight excluding hydrogens is 383 g/mol. The Labute approximate surface area is 167 Å². The Morgan fingerprint density at radius 2 is 1.70 bits per heavy atom. The molecule has 0 heterocycles. The second kappa shape index (κ2) is 9.21. The average molecular weight is 399 g/mol. The first kappa shape index (κ1) is 19.0. The van der Waals surface area contributed by atoms with E-state index >= 15 is 0 Å². The summed E-state index contributed by atoms with van der Waals surface area (Å²) in [7, 11) is 0. The molecule has 0 fully saturated rings. The van der Waals surface area contributed by atoms with E-state index in [1.165, 1.54) is 0 Å². The van der Waals surface area contributed by atoms with Crippen LogP contribution >= 0.6 is 23.2 Å². The molecule has 0 bridgehead atoms. The molecule has 3 rings (SSSR count). The molecule has 0 atom stereocenters. The third-order valence-electron chi connectivity index (χ3n) is 3.67. The van der Waals surface area contributed by atoms with Crippen LogP contribution in [0.15, 0.2) is 77.9 Å². The maximum Gasteiger partial charge on any atom is 0.271 e. The number of ether oxygens (including phenoxy) is 1. The number of rotatable bonds is 6. The number of carbonyl (C=O) groups is 1. The van der Waals surface area contributed by atoms with Gasteiger partial charge in [0.1, 0.15) is 12.4 Å². The molecule has 0 aromatic heterocycles. The first-order chi connectivity index (χ1) is 13.1. The van der Waals surface area contributed by atoms with Crippen molar-refractivity contribution >= 4 is 35.3 Å². The number of carbonyl (C=O) groups excluding carboxylic acids is 1. The monoisotopic (exact) mass is 398 g/mol. The van der Waals surface area contributed by atoms with E-state index in [4.69, 9.17) is 27.9 Å². The number of nitrogens with zero attached hydrogens (tertiary/aromatic N) is 1. The molecule has 6 heteroatoms. The van der Waals surface area contributed by atoms with E-state index < -0.39 is 0 Å². The predicted molar refractivity (Wildman–Crippen MR) is 109 cm³/mol. The Balaban J connectivity index is 1.51. The smallest absolute Gasteiger partial charge is 0.271 e. The number of hydrogen-bond donors (Lipinski definition) is 1. The average Bonchev–Trinajstić information content (AvgIpc) is 2.68. The summed E-state index contributed by atoms with van der Waals surface area (Å²) >= 11 is 11.7. The highest BCUT2D eigenvalue weighted by atomic mass is 35.5. The van der Waals surface area contributed by atoms with Crippen molar-refractivity contribution in [3.05, 3.63) is 99.5 Å². The number of amides is 1. The van der Waals surface area contributed by atoms with Crippen LogP contribution in [0, 0.1) is 0 Å². The summed E-state index contributed by atoms with van der Waals surface area (Å²) in [5.74, 6) is 0.418. The molecule has 0 spiro atoms. The lowest BCUT2D eigenvalue weighted by atomic mass is 10.2. The Hall–Kier alpha value is -2.82. The van der Waals surface area contributed by atoms with Crippen LogP contribution in [0.2, 0.25) is 10.0 Å². The minimum Gasteiger partial charge on any atom is -0.489 e. The Kier molecular flexibility index (Phi) is 6.47. The largest absolute Gasteiger partial charge is 0.489 e. The fourth-order valence-corrected chi connectivity index (χ4v) is 2.57. The minimum atomic E-state index is -0.323. The molecule has 0 unspecified atom stereocenters. The Bertz CT molecular complexity index is 939. The van der Waals surface area contributed by atoms with Crippen molar-refractivity contribution < 1.29 is 9.53 Å². The van der Waals surface area contributed by atoms with Gasteiger partial charge in [-0.3, -0.25) is 4.79 Å². The molecule has 4 nitrogen and oxygen atoms in total. The van der Waals surface area contributed by atoms with E-state index in [2.05, 4.69) is 10.5 Å². The van der Waals surface area contributed by atoms with Crippen molar-refractivity contribution in [1.82, 2.24) is 5.43 Å². The third-order valence-corrected chi connectivity index (χ3v) is 4.15. The zero-order valence-electron chi connectivity index (χ0n) is 14.2. The Morgan fingerprint density at radius 3 is 2.41 bits per heavy atom. The number of halogens is 2. The van der Waals surface area contributed by atoms with Crippen LogP contribution in [0.25, 0.3) is 0 Å². The highest BCUT2D eigenvalue weighted by Crippen LogP contribution is 2.15. The zero-order chi connectivity index (χ0) is 19.1. The first-order valence-corrected chi connectivity index (χ1v) is 8.92. The van der Waals surface area contributed by atoms with E-state index in [1.807, 2.05) is 48.5 Å². The quantitative estimate of drug-likeness (QED) is 0.450. The third kappa shape index (κ3) is 5.84. The van der Waals surface area contributed by atoms with Gasteiger partial charge in [0.05, 0.1) is 6.21 Å². The number of nitrogens with one attached hydrogen (secondary N) is 1. The predicted octanol–water partition coefficient (Wildman–Crippen LogP) is 5.34. The van der Waals surface area contributed by atoms with Crippen molar-refractivity contribution in [1.29, 1.82) is 0 Å². The van der Waals surface area contributed by atoms with Crippen LogP contribution in [-0.2, 0) is 6.61 Å². The van der Waals surface area contributed by atoms with Crippen LogP contribution in [0.5, 0.6) is 5.75 Å². The summed E-state index contributed by atoms with van der Waals surface area (Å²) in [4.78, 5) is 12.0. The molecule has 0 radical (unpaired) electrons. The van der Waals surface area contributed by atoms with Gasteiger partial charge in [0.2, 0.25) is 0 Å². The highest BCUT2D eigenvalue weighted by molar-refractivity contribution is 6.31. The molecule has 0 aliphatic carbocycles. The van der Waals surface area contributed by atoms with Gasteiger partial charge in [-0.15, -0.1) is 0 Å². The summed E-state index contributed by atoms with van der Waals surface area (Å²) < 4.78 is 5.73. The lowest BCUT2D eigenvalue weighted by Crippen LogP contribution is -2.17. The van der Waals surface area contributed by atoms with Crippen LogP contribution in [0.3, 0.4) is 0 Å². The SMILES string of the molecule is O=C(NN=Cc1ccc(OCc2ccc(Cl)cc2)cc1)c1cccc(Cl)c1. The highest BCUT2D eigenvalue weighted by Gasteiger charge is 2.04. The molecule has 0 aliphatic heterocycles. The topological polar surface area (TPSA) is 50.7 Å². The van der Waals surface area contributed by atoms with E-state index in [0.29, 0.717) is 22.2 Å². The van der Waals surface area contributed by atoms with Gasteiger partial charge in [-0.2, -0.15) is 5.10 Å². The van der Waals surface area contributed by atoms with Gasteiger partial charge >= 0.3 is 0 Å². The van der Waals surface area contributed by atoms with Gasteiger partial charge in [-0.1, -0.05) is 41.4 Å².